The summed E-state index contributed by atoms with van der Waals surface area (Å²) in [7, 11) is 1.62. The first-order valence-electron chi connectivity index (χ1n) is 7.33. The number of ether oxygens (including phenoxy) is 2. The van der Waals surface area contributed by atoms with Crippen LogP contribution in [-0.4, -0.2) is 55.7 Å². The zero-order valence-electron chi connectivity index (χ0n) is 12.5. The van der Waals surface area contributed by atoms with Crippen LogP contribution in [-0.2, 0) is 19.1 Å². The van der Waals surface area contributed by atoms with Gasteiger partial charge in [-0.3, -0.25) is 4.79 Å². The average molecular weight is 286 g/mol. The summed E-state index contributed by atoms with van der Waals surface area (Å²) >= 11 is 0. The Morgan fingerprint density at radius 2 is 2.15 bits per heavy atom. The maximum Gasteiger partial charge on any atom is 0.328 e. The Labute approximate surface area is 120 Å². The van der Waals surface area contributed by atoms with Gasteiger partial charge in [0, 0.05) is 20.3 Å². The summed E-state index contributed by atoms with van der Waals surface area (Å²) in [4.78, 5) is 25.9. The van der Waals surface area contributed by atoms with Crippen molar-refractivity contribution in [3.63, 3.8) is 0 Å². The molecule has 2 N–H and O–H groups in total. The van der Waals surface area contributed by atoms with Gasteiger partial charge >= 0.3 is 5.97 Å². The standard InChI is InChI=1S/C14H26N2O4/c1-3-20-14(18)12-8-4-5-9-16(12)13(17)11(15)7-6-10-19-2/h11-12H,3-10,15H2,1-2H3. The third kappa shape index (κ3) is 4.76. The van der Waals surface area contributed by atoms with E-state index in [4.69, 9.17) is 15.2 Å². The Hall–Kier alpha value is -1.14. The molecule has 1 aliphatic rings. The van der Waals surface area contributed by atoms with Gasteiger partial charge in [0.25, 0.3) is 0 Å². The van der Waals surface area contributed by atoms with Crippen LogP contribution in [0.2, 0.25) is 0 Å². The van der Waals surface area contributed by atoms with Gasteiger partial charge in [0.2, 0.25) is 5.91 Å². The van der Waals surface area contributed by atoms with Crippen LogP contribution in [0.4, 0.5) is 0 Å². The van der Waals surface area contributed by atoms with Crippen molar-refractivity contribution in [1.82, 2.24) is 4.90 Å². The molecule has 0 aromatic carbocycles. The highest BCUT2D eigenvalue weighted by Crippen LogP contribution is 2.19. The number of nitrogens with zero attached hydrogens (tertiary/aromatic N) is 1. The van der Waals surface area contributed by atoms with Gasteiger partial charge < -0.3 is 20.1 Å². The molecule has 0 aliphatic carbocycles. The number of hydrogen-bond donors (Lipinski definition) is 1. The van der Waals surface area contributed by atoms with Crippen molar-refractivity contribution >= 4 is 11.9 Å². The van der Waals surface area contributed by atoms with Crippen molar-refractivity contribution in [3.8, 4) is 0 Å². The summed E-state index contributed by atoms with van der Waals surface area (Å²) < 4.78 is 10.0. The number of rotatable bonds is 7. The number of amides is 1. The Morgan fingerprint density at radius 3 is 2.80 bits per heavy atom. The van der Waals surface area contributed by atoms with E-state index in [0.717, 1.165) is 19.3 Å². The van der Waals surface area contributed by atoms with E-state index in [0.29, 0.717) is 32.6 Å². The lowest BCUT2D eigenvalue weighted by molar-refractivity contribution is -0.157. The van der Waals surface area contributed by atoms with E-state index < -0.39 is 12.1 Å². The molecule has 0 spiro atoms. The summed E-state index contributed by atoms with van der Waals surface area (Å²) in [5, 5.41) is 0. The van der Waals surface area contributed by atoms with E-state index in [9.17, 15) is 9.59 Å². The fraction of sp³-hybridized carbons (Fsp3) is 0.857. The van der Waals surface area contributed by atoms with E-state index in [2.05, 4.69) is 0 Å². The quantitative estimate of drug-likeness (QED) is 0.550. The number of esters is 1. The number of likely N-dealkylation sites (tertiary alicyclic amines) is 1. The molecule has 2 atom stereocenters. The van der Waals surface area contributed by atoms with Crippen LogP contribution in [0.1, 0.15) is 39.0 Å². The minimum atomic E-state index is -0.569. The van der Waals surface area contributed by atoms with Gasteiger partial charge in [0.05, 0.1) is 12.6 Å². The highest BCUT2D eigenvalue weighted by molar-refractivity contribution is 5.87. The minimum Gasteiger partial charge on any atom is -0.464 e. The molecule has 0 aromatic heterocycles. The van der Waals surface area contributed by atoms with Crippen molar-refractivity contribution in [2.75, 3.05) is 26.9 Å². The molecule has 20 heavy (non-hydrogen) atoms. The lowest BCUT2D eigenvalue weighted by Crippen LogP contribution is -2.53. The molecular formula is C14H26N2O4. The molecule has 2 unspecified atom stereocenters. The Bertz CT molecular complexity index is 322. The monoisotopic (exact) mass is 286 g/mol. The normalized spacial score (nSPS) is 20.6. The van der Waals surface area contributed by atoms with Crippen molar-refractivity contribution in [2.24, 2.45) is 5.73 Å². The first kappa shape index (κ1) is 16.9. The van der Waals surface area contributed by atoms with Gasteiger partial charge in [-0.15, -0.1) is 0 Å². The molecule has 0 saturated carbocycles. The molecule has 0 radical (unpaired) electrons. The number of nitrogens with two attached hydrogens (primary N) is 1. The van der Waals surface area contributed by atoms with E-state index in [1.165, 1.54) is 0 Å². The predicted molar refractivity (Wildman–Crippen MR) is 75.1 cm³/mol. The summed E-state index contributed by atoms with van der Waals surface area (Å²) in [6, 6.07) is -1.04. The summed E-state index contributed by atoms with van der Waals surface area (Å²) in [6.45, 7) is 3.27. The van der Waals surface area contributed by atoms with Crippen LogP contribution in [0.15, 0.2) is 0 Å². The topological polar surface area (TPSA) is 81.9 Å². The lowest BCUT2D eigenvalue weighted by Gasteiger charge is -2.35. The lowest BCUT2D eigenvalue weighted by atomic mass is 10.00. The van der Waals surface area contributed by atoms with Crippen LogP contribution in [0.25, 0.3) is 0 Å². The van der Waals surface area contributed by atoms with Crippen molar-refractivity contribution in [2.45, 2.75) is 51.1 Å². The molecule has 1 amide bonds. The fourth-order valence-corrected chi connectivity index (χ4v) is 2.46. The average Bonchev–Trinajstić information content (AvgIpc) is 2.47. The van der Waals surface area contributed by atoms with Gasteiger partial charge in [-0.25, -0.2) is 4.79 Å². The first-order valence-corrected chi connectivity index (χ1v) is 7.33. The van der Waals surface area contributed by atoms with E-state index >= 15 is 0 Å². The van der Waals surface area contributed by atoms with Crippen LogP contribution in [0, 0.1) is 0 Å². The molecule has 6 nitrogen and oxygen atoms in total. The minimum absolute atomic E-state index is 0.154. The van der Waals surface area contributed by atoms with Crippen molar-refractivity contribution < 1.29 is 19.1 Å². The SMILES string of the molecule is CCOC(=O)C1CCCCN1C(=O)C(N)CCCOC. The fourth-order valence-electron chi connectivity index (χ4n) is 2.46. The number of carbonyl (C=O) groups is 2. The molecule has 1 fully saturated rings. The zero-order valence-corrected chi connectivity index (χ0v) is 12.5. The summed E-state index contributed by atoms with van der Waals surface area (Å²) in [5.74, 6) is -0.469. The second-order valence-corrected chi connectivity index (χ2v) is 5.04. The van der Waals surface area contributed by atoms with Crippen LogP contribution in [0.5, 0.6) is 0 Å². The Kier molecular flexibility index (Phi) is 7.54. The number of carbonyl (C=O) groups excluding carboxylic acids is 2. The number of piperidine rings is 1. The molecule has 6 heteroatoms. The maximum atomic E-state index is 12.4. The van der Waals surface area contributed by atoms with Gasteiger partial charge in [-0.2, -0.15) is 0 Å². The summed E-state index contributed by atoms with van der Waals surface area (Å²) in [5.41, 5.74) is 5.93. The first-order chi connectivity index (χ1) is 9.61. The van der Waals surface area contributed by atoms with E-state index in [1.54, 1.807) is 18.9 Å². The molecule has 116 valence electrons. The van der Waals surface area contributed by atoms with Crippen LogP contribution >= 0.6 is 0 Å². The Morgan fingerprint density at radius 1 is 1.40 bits per heavy atom. The second-order valence-electron chi connectivity index (χ2n) is 5.04. The molecule has 1 rings (SSSR count). The smallest absolute Gasteiger partial charge is 0.328 e. The van der Waals surface area contributed by atoms with Gasteiger partial charge in [-0.1, -0.05) is 0 Å². The van der Waals surface area contributed by atoms with Crippen molar-refractivity contribution in [1.29, 1.82) is 0 Å². The molecule has 0 aromatic rings. The van der Waals surface area contributed by atoms with Gasteiger partial charge in [0.15, 0.2) is 0 Å². The zero-order chi connectivity index (χ0) is 15.0. The molecule has 0 bridgehead atoms. The highest BCUT2D eigenvalue weighted by Gasteiger charge is 2.34. The Balaban J connectivity index is 2.59. The largest absolute Gasteiger partial charge is 0.464 e. The van der Waals surface area contributed by atoms with E-state index in [-0.39, 0.29) is 11.9 Å². The molecule has 1 heterocycles. The summed E-state index contributed by atoms with van der Waals surface area (Å²) in [6.07, 6.45) is 3.81. The number of methoxy groups -OCH3 is 1. The van der Waals surface area contributed by atoms with Gasteiger partial charge in [0.1, 0.15) is 6.04 Å². The van der Waals surface area contributed by atoms with Crippen molar-refractivity contribution in [3.05, 3.63) is 0 Å². The molecule has 1 saturated heterocycles. The van der Waals surface area contributed by atoms with Gasteiger partial charge in [-0.05, 0) is 39.0 Å². The molecular weight excluding hydrogens is 260 g/mol. The predicted octanol–water partition coefficient (Wildman–Crippen LogP) is 0.685. The second kappa shape index (κ2) is 8.92. The van der Waals surface area contributed by atoms with E-state index in [1.807, 2.05) is 0 Å². The highest BCUT2D eigenvalue weighted by atomic mass is 16.5. The van der Waals surface area contributed by atoms with Crippen LogP contribution < -0.4 is 5.73 Å². The number of hydrogen-bond acceptors (Lipinski definition) is 5. The third-order valence-electron chi connectivity index (χ3n) is 3.53. The third-order valence-corrected chi connectivity index (χ3v) is 3.53. The molecule has 1 aliphatic heterocycles. The van der Waals surface area contributed by atoms with Crippen LogP contribution in [0.3, 0.4) is 0 Å². The maximum absolute atomic E-state index is 12.4.